The molecule has 3 nitrogen and oxygen atoms in total. The maximum absolute atomic E-state index is 9.23. The van der Waals surface area contributed by atoms with Gasteiger partial charge in [0.15, 0.2) is 0 Å². The van der Waals surface area contributed by atoms with Gasteiger partial charge in [0, 0.05) is 17.5 Å². The number of aromatic hydroxyl groups is 1. The van der Waals surface area contributed by atoms with E-state index < -0.39 is 0 Å². The van der Waals surface area contributed by atoms with Crippen LogP contribution in [0.3, 0.4) is 0 Å². The smallest absolute Gasteiger partial charge is 0.123 e. The Labute approximate surface area is 105 Å². The van der Waals surface area contributed by atoms with Crippen LogP contribution in [0.25, 0.3) is 10.6 Å². The molecule has 0 aliphatic carbocycles. The number of benzene rings is 1. The lowest BCUT2D eigenvalue weighted by Crippen LogP contribution is -2.13. The molecule has 0 fully saturated rings. The molecule has 0 spiro atoms. The maximum atomic E-state index is 9.23. The van der Waals surface area contributed by atoms with Gasteiger partial charge in [-0.1, -0.05) is 6.92 Å². The Bertz CT molecular complexity index is 465. The maximum Gasteiger partial charge on any atom is 0.123 e. The molecule has 0 aliphatic heterocycles. The minimum absolute atomic E-state index is 0.287. The zero-order valence-corrected chi connectivity index (χ0v) is 10.6. The average Bonchev–Trinajstić information content (AvgIpc) is 2.79. The fourth-order valence-corrected chi connectivity index (χ4v) is 2.34. The van der Waals surface area contributed by atoms with Crippen LogP contribution in [0.2, 0.25) is 0 Å². The summed E-state index contributed by atoms with van der Waals surface area (Å²) < 4.78 is 0. The van der Waals surface area contributed by atoms with Gasteiger partial charge in [0.2, 0.25) is 0 Å². The molecule has 0 radical (unpaired) electrons. The van der Waals surface area contributed by atoms with Gasteiger partial charge in [-0.05, 0) is 37.2 Å². The van der Waals surface area contributed by atoms with E-state index in [1.54, 1.807) is 23.5 Å². The first-order valence-electron chi connectivity index (χ1n) is 5.74. The highest BCUT2D eigenvalue weighted by Gasteiger charge is 2.04. The topological polar surface area (TPSA) is 45.1 Å². The van der Waals surface area contributed by atoms with Crippen molar-refractivity contribution < 1.29 is 5.11 Å². The number of hydrogen-bond acceptors (Lipinski definition) is 4. The van der Waals surface area contributed by atoms with Crippen LogP contribution in [0.4, 0.5) is 0 Å². The zero-order chi connectivity index (χ0) is 12.1. The number of thiazole rings is 1. The highest BCUT2D eigenvalue weighted by Crippen LogP contribution is 2.25. The van der Waals surface area contributed by atoms with Crippen molar-refractivity contribution in [3.05, 3.63) is 35.3 Å². The number of phenolic OH excluding ortho intramolecular Hbond substituents is 1. The van der Waals surface area contributed by atoms with E-state index in [0.29, 0.717) is 0 Å². The summed E-state index contributed by atoms with van der Waals surface area (Å²) in [5, 5.41) is 15.6. The molecule has 0 saturated heterocycles. The van der Waals surface area contributed by atoms with E-state index in [0.717, 1.165) is 35.8 Å². The molecule has 0 aliphatic rings. The first-order valence-corrected chi connectivity index (χ1v) is 6.62. The Morgan fingerprint density at radius 3 is 2.76 bits per heavy atom. The van der Waals surface area contributed by atoms with Crippen LogP contribution in [0.5, 0.6) is 5.75 Å². The number of nitrogens with zero attached hydrogens (tertiary/aromatic N) is 1. The lowest BCUT2D eigenvalue weighted by atomic mass is 10.2. The third-order valence-corrected chi connectivity index (χ3v) is 3.34. The van der Waals surface area contributed by atoms with Gasteiger partial charge >= 0.3 is 0 Å². The molecular formula is C13H16N2OS. The summed E-state index contributed by atoms with van der Waals surface area (Å²) in [6.07, 6.45) is 1.13. The van der Waals surface area contributed by atoms with Crippen molar-refractivity contribution in [3.63, 3.8) is 0 Å². The summed E-state index contributed by atoms with van der Waals surface area (Å²) in [5.74, 6) is 0.287. The number of hydrogen-bond donors (Lipinski definition) is 2. The summed E-state index contributed by atoms with van der Waals surface area (Å²) in [4.78, 5) is 4.56. The van der Waals surface area contributed by atoms with Crippen LogP contribution in [-0.2, 0) is 6.54 Å². The van der Waals surface area contributed by atoms with Crippen LogP contribution in [-0.4, -0.2) is 16.6 Å². The standard InChI is InChI=1S/C13H16N2OS/c1-2-7-14-8-11-9-17-13(15-11)10-3-5-12(16)6-4-10/h3-6,9,14,16H,2,7-8H2,1H3. The van der Waals surface area contributed by atoms with Crippen molar-refractivity contribution in [3.8, 4) is 16.3 Å². The van der Waals surface area contributed by atoms with E-state index in [1.807, 2.05) is 12.1 Å². The highest BCUT2D eigenvalue weighted by atomic mass is 32.1. The van der Waals surface area contributed by atoms with Crippen molar-refractivity contribution >= 4 is 11.3 Å². The largest absolute Gasteiger partial charge is 0.508 e. The van der Waals surface area contributed by atoms with Crippen LogP contribution in [0.1, 0.15) is 19.0 Å². The molecule has 1 aromatic carbocycles. The van der Waals surface area contributed by atoms with E-state index in [1.165, 1.54) is 0 Å². The molecule has 0 atom stereocenters. The van der Waals surface area contributed by atoms with Gasteiger partial charge in [0.05, 0.1) is 5.69 Å². The molecule has 2 aromatic rings. The Hall–Kier alpha value is -1.39. The molecule has 0 amide bonds. The first-order chi connectivity index (χ1) is 8.29. The molecule has 90 valence electrons. The van der Waals surface area contributed by atoms with Gasteiger partial charge in [0.25, 0.3) is 0 Å². The first kappa shape index (κ1) is 12.1. The summed E-state index contributed by atoms with van der Waals surface area (Å²) >= 11 is 1.63. The number of aromatic nitrogens is 1. The minimum atomic E-state index is 0.287. The van der Waals surface area contributed by atoms with Gasteiger partial charge in [-0.2, -0.15) is 0 Å². The van der Waals surface area contributed by atoms with Crippen molar-refractivity contribution in [1.82, 2.24) is 10.3 Å². The van der Waals surface area contributed by atoms with E-state index in [9.17, 15) is 5.11 Å². The second kappa shape index (κ2) is 5.80. The van der Waals surface area contributed by atoms with Gasteiger partial charge < -0.3 is 10.4 Å². The van der Waals surface area contributed by atoms with Crippen LogP contribution in [0, 0.1) is 0 Å². The highest BCUT2D eigenvalue weighted by molar-refractivity contribution is 7.13. The van der Waals surface area contributed by atoms with Gasteiger partial charge in [-0.15, -0.1) is 11.3 Å². The molecule has 17 heavy (non-hydrogen) atoms. The van der Waals surface area contributed by atoms with Crippen molar-refractivity contribution in [2.24, 2.45) is 0 Å². The normalized spacial score (nSPS) is 10.6. The number of rotatable bonds is 5. The molecule has 1 heterocycles. The monoisotopic (exact) mass is 248 g/mol. The van der Waals surface area contributed by atoms with Gasteiger partial charge in [-0.3, -0.25) is 0 Å². The van der Waals surface area contributed by atoms with Crippen molar-refractivity contribution in [2.45, 2.75) is 19.9 Å². The van der Waals surface area contributed by atoms with E-state index in [-0.39, 0.29) is 5.75 Å². The second-order valence-electron chi connectivity index (χ2n) is 3.87. The molecule has 4 heteroatoms. The third kappa shape index (κ3) is 3.28. The molecular weight excluding hydrogens is 232 g/mol. The molecule has 0 unspecified atom stereocenters. The molecule has 1 aromatic heterocycles. The molecule has 0 saturated carbocycles. The fourth-order valence-electron chi connectivity index (χ4n) is 1.52. The summed E-state index contributed by atoms with van der Waals surface area (Å²) in [7, 11) is 0. The van der Waals surface area contributed by atoms with Crippen LogP contribution >= 0.6 is 11.3 Å². The SMILES string of the molecule is CCCNCc1csc(-c2ccc(O)cc2)n1. The Morgan fingerprint density at radius 2 is 2.06 bits per heavy atom. The zero-order valence-electron chi connectivity index (χ0n) is 9.81. The summed E-state index contributed by atoms with van der Waals surface area (Å²) in [6, 6.07) is 7.15. The Kier molecular flexibility index (Phi) is 4.12. The lowest BCUT2D eigenvalue weighted by molar-refractivity contribution is 0.475. The van der Waals surface area contributed by atoms with Crippen LogP contribution in [0.15, 0.2) is 29.6 Å². The Balaban J connectivity index is 2.04. The second-order valence-corrected chi connectivity index (χ2v) is 4.73. The van der Waals surface area contributed by atoms with Crippen molar-refractivity contribution in [2.75, 3.05) is 6.54 Å². The third-order valence-electron chi connectivity index (χ3n) is 2.40. The van der Waals surface area contributed by atoms with Gasteiger partial charge in [-0.25, -0.2) is 4.98 Å². The number of phenols is 1. The van der Waals surface area contributed by atoms with E-state index >= 15 is 0 Å². The Morgan fingerprint density at radius 1 is 1.29 bits per heavy atom. The lowest BCUT2D eigenvalue weighted by Gasteiger charge is -1.99. The number of nitrogens with one attached hydrogen (secondary N) is 1. The summed E-state index contributed by atoms with van der Waals surface area (Å²) in [6.45, 7) is 3.99. The predicted molar refractivity (Wildman–Crippen MR) is 71.2 cm³/mol. The fraction of sp³-hybridized carbons (Fsp3) is 0.308. The quantitative estimate of drug-likeness (QED) is 0.799. The van der Waals surface area contributed by atoms with E-state index in [2.05, 4.69) is 22.6 Å². The average molecular weight is 248 g/mol. The molecule has 2 N–H and O–H groups in total. The van der Waals surface area contributed by atoms with Gasteiger partial charge in [0.1, 0.15) is 10.8 Å². The van der Waals surface area contributed by atoms with Crippen LogP contribution < -0.4 is 5.32 Å². The molecule has 2 rings (SSSR count). The minimum Gasteiger partial charge on any atom is -0.508 e. The summed E-state index contributed by atoms with van der Waals surface area (Å²) in [5.41, 5.74) is 2.13. The molecule has 0 bridgehead atoms. The van der Waals surface area contributed by atoms with E-state index in [4.69, 9.17) is 0 Å². The van der Waals surface area contributed by atoms with Crippen molar-refractivity contribution in [1.29, 1.82) is 0 Å². The predicted octanol–water partition coefficient (Wildman–Crippen LogP) is 3.02.